The Hall–Kier alpha value is -1.64. The van der Waals surface area contributed by atoms with Gasteiger partial charge in [0.2, 0.25) is 11.8 Å². The molecule has 2 amide bonds. The van der Waals surface area contributed by atoms with Gasteiger partial charge in [-0.1, -0.05) is 85.0 Å². The van der Waals surface area contributed by atoms with Crippen molar-refractivity contribution in [3.05, 3.63) is 36.6 Å². The van der Waals surface area contributed by atoms with Gasteiger partial charge >= 0.3 is 0 Å². The van der Waals surface area contributed by atoms with Gasteiger partial charge in [-0.15, -0.1) is 0 Å². The van der Waals surface area contributed by atoms with Gasteiger partial charge in [0.25, 0.3) is 0 Å². The van der Waals surface area contributed by atoms with E-state index in [2.05, 4.69) is 34.3 Å². The number of nitrogens with zero attached hydrogens (tertiary/aromatic N) is 1. The zero-order valence-electron chi connectivity index (χ0n) is 18.5. The number of amides is 2. The molecule has 0 aromatic carbocycles. The molecule has 0 fully saturated rings. The van der Waals surface area contributed by atoms with Gasteiger partial charge in [0.05, 0.1) is 11.1 Å². The van der Waals surface area contributed by atoms with Crippen LogP contribution in [0.3, 0.4) is 0 Å². The van der Waals surface area contributed by atoms with E-state index >= 15 is 0 Å². The number of unbranched alkanes of at least 4 members (excludes halogenated alkanes) is 3. The lowest BCUT2D eigenvalue weighted by Crippen LogP contribution is -2.48. The van der Waals surface area contributed by atoms with Crippen LogP contribution in [0, 0.1) is 11.3 Å². The second-order valence-corrected chi connectivity index (χ2v) is 7.51. The van der Waals surface area contributed by atoms with Crippen molar-refractivity contribution < 1.29 is 9.59 Å². The SMILES string of the molecule is C=C/C(=C\C=C/C)N(C(C)=O)C(=O)C(CCC)(CCCCCC)[C@H](C)CC. The first-order valence-electron chi connectivity index (χ1n) is 10.7. The summed E-state index contributed by atoms with van der Waals surface area (Å²) in [5.41, 5.74) is 0.0592. The lowest BCUT2D eigenvalue weighted by Gasteiger charge is -2.41. The van der Waals surface area contributed by atoms with Gasteiger partial charge in [-0.3, -0.25) is 14.5 Å². The second-order valence-electron chi connectivity index (χ2n) is 7.51. The van der Waals surface area contributed by atoms with Crippen LogP contribution in [0.1, 0.15) is 92.9 Å². The predicted octanol–water partition coefficient (Wildman–Crippen LogP) is 6.81. The van der Waals surface area contributed by atoms with Crippen LogP contribution in [0.4, 0.5) is 0 Å². The Morgan fingerprint density at radius 2 is 1.74 bits per heavy atom. The zero-order chi connectivity index (χ0) is 20.9. The molecule has 0 aromatic heterocycles. The molecule has 0 aliphatic rings. The van der Waals surface area contributed by atoms with Gasteiger partial charge in [-0.2, -0.15) is 0 Å². The van der Waals surface area contributed by atoms with Gasteiger partial charge < -0.3 is 0 Å². The van der Waals surface area contributed by atoms with Crippen molar-refractivity contribution in [3.8, 4) is 0 Å². The summed E-state index contributed by atoms with van der Waals surface area (Å²) in [7, 11) is 0. The van der Waals surface area contributed by atoms with E-state index in [9.17, 15) is 9.59 Å². The summed E-state index contributed by atoms with van der Waals surface area (Å²) in [4.78, 5) is 27.7. The minimum absolute atomic E-state index is 0.0571. The summed E-state index contributed by atoms with van der Waals surface area (Å²) in [6.07, 6.45) is 15.1. The Morgan fingerprint density at radius 1 is 1.07 bits per heavy atom. The molecule has 0 radical (unpaired) electrons. The van der Waals surface area contributed by atoms with Gasteiger partial charge in [0.15, 0.2) is 0 Å². The highest BCUT2D eigenvalue weighted by atomic mass is 16.2. The fraction of sp³-hybridized carbons (Fsp3) is 0.667. The first-order chi connectivity index (χ1) is 12.9. The number of carbonyl (C=O) groups is 2. The average molecular weight is 376 g/mol. The largest absolute Gasteiger partial charge is 0.274 e. The molecule has 0 rings (SSSR count). The first-order valence-corrected chi connectivity index (χ1v) is 10.7. The van der Waals surface area contributed by atoms with E-state index in [1.165, 1.54) is 24.7 Å². The van der Waals surface area contributed by atoms with Gasteiger partial charge in [-0.25, -0.2) is 0 Å². The molecule has 1 unspecified atom stereocenters. The topological polar surface area (TPSA) is 37.4 Å². The van der Waals surface area contributed by atoms with E-state index in [-0.39, 0.29) is 17.7 Å². The Balaban J connectivity index is 6.10. The van der Waals surface area contributed by atoms with Gasteiger partial charge in [0, 0.05) is 6.92 Å². The maximum atomic E-state index is 13.8. The molecular formula is C24H41NO2. The standard InChI is InChI=1S/C24H41NO2/c1-8-13-15-16-19-24(18-10-3,20(6)11-4)23(27)25(21(7)26)22(12-5)17-14-9-2/h9,12,14,17,20H,5,8,10-11,13,15-16,18-19H2,1-4,6-7H3/b14-9-,22-17+/t20-,24?/m1/s1. The van der Waals surface area contributed by atoms with E-state index in [0.29, 0.717) is 5.70 Å². The number of carbonyl (C=O) groups excluding carboxylic acids is 2. The van der Waals surface area contributed by atoms with E-state index in [1.807, 2.05) is 19.1 Å². The van der Waals surface area contributed by atoms with Crippen LogP contribution in [0.5, 0.6) is 0 Å². The van der Waals surface area contributed by atoms with E-state index in [1.54, 1.807) is 12.2 Å². The highest BCUT2D eigenvalue weighted by Crippen LogP contribution is 2.43. The molecule has 2 atom stereocenters. The summed E-state index contributed by atoms with van der Waals surface area (Å²) < 4.78 is 0. The normalized spacial score (nSPS) is 15.4. The molecule has 0 aliphatic carbocycles. The van der Waals surface area contributed by atoms with Crippen LogP contribution in [-0.2, 0) is 9.59 Å². The number of allylic oxidation sites excluding steroid dienone is 4. The van der Waals surface area contributed by atoms with Crippen molar-refractivity contribution in [1.29, 1.82) is 0 Å². The molecule has 0 heterocycles. The number of rotatable bonds is 13. The Morgan fingerprint density at radius 3 is 2.19 bits per heavy atom. The van der Waals surface area contributed by atoms with E-state index < -0.39 is 5.41 Å². The fourth-order valence-corrected chi connectivity index (χ4v) is 3.84. The predicted molar refractivity (Wildman–Crippen MR) is 116 cm³/mol. The molecule has 0 N–H and O–H groups in total. The smallest absolute Gasteiger partial charge is 0.240 e. The number of hydrogen-bond donors (Lipinski definition) is 0. The van der Waals surface area contributed by atoms with Crippen LogP contribution in [0.25, 0.3) is 0 Å². The highest BCUT2D eigenvalue weighted by molar-refractivity contribution is 5.99. The first kappa shape index (κ1) is 25.4. The van der Waals surface area contributed by atoms with E-state index in [0.717, 1.165) is 38.5 Å². The summed E-state index contributed by atoms with van der Waals surface area (Å²) >= 11 is 0. The Kier molecular flexibility index (Phi) is 12.7. The number of hydrogen-bond acceptors (Lipinski definition) is 2. The second kappa shape index (κ2) is 13.5. The third kappa shape index (κ3) is 7.12. The molecule has 0 saturated heterocycles. The molecule has 3 heteroatoms. The molecule has 27 heavy (non-hydrogen) atoms. The quantitative estimate of drug-likeness (QED) is 0.262. The third-order valence-corrected chi connectivity index (χ3v) is 5.60. The fourth-order valence-electron chi connectivity index (χ4n) is 3.84. The molecule has 0 spiro atoms. The van der Waals surface area contributed by atoms with Crippen molar-refractivity contribution in [2.45, 2.75) is 92.9 Å². The van der Waals surface area contributed by atoms with Crippen molar-refractivity contribution in [1.82, 2.24) is 4.90 Å². The van der Waals surface area contributed by atoms with Crippen LogP contribution in [0.15, 0.2) is 36.6 Å². The lowest BCUT2D eigenvalue weighted by atomic mass is 9.67. The van der Waals surface area contributed by atoms with Crippen molar-refractivity contribution in [3.63, 3.8) is 0 Å². The summed E-state index contributed by atoms with van der Waals surface area (Å²) in [6, 6.07) is 0. The minimum atomic E-state index is -0.499. The highest BCUT2D eigenvalue weighted by Gasteiger charge is 2.45. The lowest BCUT2D eigenvalue weighted by molar-refractivity contribution is -0.151. The summed E-state index contributed by atoms with van der Waals surface area (Å²) in [6.45, 7) is 15.8. The van der Waals surface area contributed by atoms with Crippen molar-refractivity contribution in [2.75, 3.05) is 0 Å². The average Bonchev–Trinajstić information content (AvgIpc) is 2.66. The zero-order valence-corrected chi connectivity index (χ0v) is 18.5. The van der Waals surface area contributed by atoms with Gasteiger partial charge in [0.1, 0.15) is 0 Å². The summed E-state index contributed by atoms with van der Waals surface area (Å²) in [5, 5.41) is 0. The van der Waals surface area contributed by atoms with Crippen LogP contribution >= 0.6 is 0 Å². The van der Waals surface area contributed by atoms with Crippen molar-refractivity contribution in [2.24, 2.45) is 11.3 Å². The molecule has 3 nitrogen and oxygen atoms in total. The third-order valence-electron chi connectivity index (χ3n) is 5.60. The molecule has 0 saturated carbocycles. The maximum Gasteiger partial charge on any atom is 0.240 e. The van der Waals surface area contributed by atoms with E-state index in [4.69, 9.17) is 0 Å². The summed E-state index contributed by atoms with van der Waals surface area (Å²) in [5.74, 6) is -0.0763. The van der Waals surface area contributed by atoms with Crippen LogP contribution in [-0.4, -0.2) is 16.7 Å². The Bertz CT molecular complexity index is 532. The molecule has 0 aliphatic heterocycles. The molecular weight excluding hydrogens is 334 g/mol. The monoisotopic (exact) mass is 375 g/mol. The van der Waals surface area contributed by atoms with Crippen LogP contribution < -0.4 is 0 Å². The molecule has 154 valence electrons. The molecule has 0 bridgehead atoms. The van der Waals surface area contributed by atoms with Gasteiger partial charge in [-0.05, 0) is 37.8 Å². The van der Waals surface area contributed by atoms with Crippen molar-refractivity contribution >= 4 is 11.8 Å². The van der Waals surface area contributed by atoms with Crippen LogP contribution in [0.2, 0.25) is 0 Å². The number of imide groups is 1. The minimum Gasteiger partial charge on any atom is -0.274 e. The molecule has 0 aromatic rings. The Labute approximate surface area is 167 Å². The maximum absolute atomic E-state index is 13.8.